The zero-order valence-corrected chi connectivity index (χ0v) is 14.7. The molecule has 0 spiro atoms. The van der Waals surface area contributed by atoms with Gasteiger partial charge in [0.2, 0.25) is 11.8 Å². The minimum Gasteiger partial charge on any atom is -0.417 e. The topological polar surface area (TPSA) is 38.9 Å². The summed E-state index contributed by atoms with van der Waals surface area (Å²) >= 11 is 7.71. The van der Waals surface area contributed by atoms with Crippen LogP contribution in [0.2, 0.25) is 5.02 Å². The first-order chi connectivity index (χ1) is 12.3. The first-order valence-corrected chi connectivity index (χ1v) is 8.90. The molecule has 0 bridgehead atoms. The second kappa shape index (κ2) is 7.05. The second-order valence-corrected chi connectivity index (χ2v) is 6.91. The number of hydrogen-bond donors (Lipinski definition) is 0. The van der Waals surface area contributed by atoms with Crippen molar-refractivity contribution in [3.63, 3.8) is 0 Å². The van der Waals surface area contributed by atoms with E-state index in [4.69, 9.17) is 16.0 Å². The number of nitrogens with zero attached hydrogens (tertiary/aromatic N) is 2. The third-order valence-corrected chi connectivity index (χ3v) is 4.92. The van der Waals surface area contributed by atoms with Gasteiger partial charge in [-0.25, -0.2) is 0 Å². The van der Waals surface area contributed by atoms with Crippen LogP contribution in [0.4, 0.5) is 0 Å². The van der Waals surface area contributed by atoms with Gasteiger partial charge in [0.15, 0.2) is 0 Å². The molecule has 5 heteroatoms. The maximum absolute atomic E-state index is 5.99. The molecule has 0 N–H and O–H groups in total. The quantitative estimate of drug-likeness (QED) is 0.427. The lowest BCUT2D eigenvalue weighted by Gasteiger charge is -1.94. The molecule has 0 atom stereocenters. The van der Waals surface area contributed by atoms with Crippen LogP contribution in [0.15, 0.2) is 71.1 Å². The maximum Gasteiger partial charge on any atom is 0.248 e. The summed E-state index contributed by atoms with van der Waals surface area (Å²) < 4.78 is 5.67. The number of aromatic nitrogens is 2. The summed E-state index contributed by atoms with van der Waals surface area (Å²) in [4.78, 5) is 2.35. The molecule has 0 aliphatic heterocycles. The van der Waals surface area contributed by atoms with Crippen molar-refractivity contribution in [1.82, 2.24) is 10.2 Å². The lowest BCUT2D eigenvalue weighted by molar-refractivity contribution is 0.558. The van der Waals surface area contributed by atoms with E-state index in [1.165, 1.54) is 10.4 Å². The lowest BCUT2D eigenvalue weighted by atomic mass is 10.2. The second-order valence-electron chi connectivity index (χ2n) is 5.36. The normalized spacial score (nSPS) is 11.2. The molecule has 2 heterocycles. The van der Waals surface area contributed by atoms with E-state index in [0.717, 1.165) is 10.4 Å². The van der Waals surface area contributed by atoms with E-state index in [-0.39, 0.29) is 0 Å². The van der Waals surface area contributed by atoms with E-state index in [1.54, 1.807) is 17.4 Å². The van der Waals surface area contributed by atoms with Crippen LogP contribution < -0.4 is 0 Å². The highest BCUT2D eigenvalue weighted by molar-refractivity contribution is 7.16. The third kappa shape index (κ3) is 3.71. The summed E-state index contributed by atoms with van der Waals surface area (Å²) in [5, 5.41) is 8.77. The average molecular weight is 365 g/mol. The van der Waals surface area contributed by atoms with Gasteiger partial charge in [-0.1, -0.05) is 48.0 Å². The molecule has 2 aromatic heterocycles. The molecule has 3 nitrogen and oxygen atoms in total. The highest BCUT2D eigenvalue weighted by Crippen LogP contribution is 2.29. The van der Waals surface area contributed by atoms with Crippen LogP contribution in [0, 0.1) is 0 Å². The monoisotopic (exact) mass is 364 g/mol. The lowest BCUT2D eigenvalue weighted by Crippen LogP contribution is -1.76. The molecule has 0 aliphatic carbocycles. The molecule has 0 saturated carbocycles. The molecule has 0 aliphatic rings. The van der Waals surface area contributed by atoms with Crippen molar-refractivity contribution in [2.45, 2.75) is 0 Å². The summed E-state index contributed by atoms with van der Waals surface area (Å²) in [5.74, 6) is 0.919. The van der Waals surface area contributed by atoms with Crippen LogP contribution in [-0.4, -0.2) is 10.2 Å². The molecule has 25 heavy (non-hydrogen) atoms. The van der Waals surface area contributed by atoms with Crippen molar-refractivity contribution >= 4 is 35.1 Å². The Morgan fingerprint density at radius 2 is 1.68 bits per heavy atom. The molecule has 0 unspecified atom stereocenters. The fourth-order valence-corrected chi connectivity index (χ4v) is 3.50. The Morgan fingerprint density at radius 3 is 2.52 bits per heavy atom. The fraction of sp³-hybridized carbons (Fsp3) is 0. The Morgan fingerprint density at radius 1 is 0.840 bits per heavy atom. The summed E-state index contributed by atoms with van der Waals surface area (Å²) in [5.41, 5.74) is 2.02. The fourth-order valence-electron chi connectivity index (χ4n) is 2.39. The molecule has 0 saturated heterocycles. The minimum atomic E-state index is 0.457. The standard InChI is InChI=1S/C20H13ClN2OS/c21-16-8-4-7-15(13-16)20-23-22-19(24-20)12-10-17-9-11-18(25-17)14-5-2-1-3-6-14/h1-13H/b12-10+. The van der Waals surface area contributed by atoms with Crippen LogP contribution in [-0.2, 0) is 0 Å². The highest BCUT2D eigenvalue weighted by Gasteiger charge is 2.07. The number of hydrogen-bond acceptors (Lipinski definition) is 4. The Balaban J connectivity index is 1.52. The molecular weight excluding hydrogens is 352 g/mol. The van der Waals surface area contributed by atoms with Crippen molar-refractivity contribution in [3.8, 4) is 21.9 Å². The molecule has 122 valence electrons. The minimum absolute atomic E-state index is 0.457. The van der Waals surface area contributed by atoms with E-state index in [9.17, 15) is 0 Å². The maximum atomic E-state index is 5.99. The third-order valence-electron chi connectivity index (χ3n) is 3.59. The van der Waals surface area contributed by atoms with Gasteiger partial charge in [-0.2, -0.15) is 0 Å². The van der Waals surface area contributed by atoms with E-state index in [0.29, 0.717) is 16.8 Å². The van der Waals surface area contributed by atoms with Crippen LogP contribution in [0.3, 0.4) is 0 Å². The first kappa shape index (κ1) is 15.8. The Labute approximate surface area is 154 Å². The zero-order valence-electron chi connectivity index (χ0n) is 13.1. The van der Waals surface area contributed by atoms with Crippen LogP contribution in [0.5, 0.6) is 0 Å². The van der Waals surface area contributed by atoms with Crippen molar-refractivity contribution in [3.05, 3.63) is 82.5 Å². The van der Waals surface area contributed by atoms with E-state index in [1.807, 2.05) is 48.6 Å². The van der Waals surface area contributed by atoms with Crippen molar-refractivity contribution < 1.29 is 4.42 Å². The van der Waals surface area contributed by atoms with Crippen molar-refractivity contribution in [2.24, 2.45) is 0 Å². The highest BCUT2D eigenvalue weighted by atomic mass is 35.5. The predicted molar refractivity (Wildman–Crippen MR) is 103 cm³/mol. The summed E-state index contributed by atoms with van der Waals surface area (Å²) in [6, 6.07) is 21.9. The van der Waals surface area contributed by atoms with Gasteiger partial charge < -0.3 is 4.42 Å². The number of halogens is 1. The van der Waals surface area contributed by atoms with Gasteiger partial charge in [0.25, 0.3) is 0 Å². The van der Waals surface area contributed by atoms with Gasteiger partial charge in [0, 0.05) is 26.4 Å². The number of thiophene rings is 1. The molecular formula is C20H13ClN2OS. The SMILES string of the molecule is Clc1cccc(-c2nnc(/C=C/c3ccc(-c4ccccc4)s3)o2)c1. The average Bonchev–Trinajstić information content (AvgIpc) is 3.30. The molecule has 4 aromatic rings. The van der Waals surface area contributed by atoms with Gasteiger partial charge in [0.05, 0.1) is 0 Å². The van der Waals surface area contributed by atoms with Gasteiger partial charge in [0.1, 0.15) is 0 Å². The predicted octanol–water partition coefficient (Wildman–Crippen LogP) is 6.29. The largest absolute Gasteiger partial charge is 0.417 e. The Bertz CT molecular complexity index is 1020. The van der Waals surface area contributed by atoms with Crippen LogP contribution in [0.1, 0.15) is 10.8 Å². The van der Waals surface area contributed by atoms with Crippen LogP contribution in [0.25, 0.3) is 34.0 Å². The molecule has 0 fully saturated rings. The zero-order chi connectivity index (χ0) is 17.1. The molecule has 0 radical (unpaired) electrons. The van der Waals surface area contributed by atoms with Crippen LogP contribution >= 0.6 is 22.9 Å². The molecule has 4 rings (SSSR count). The van der Waals surface area contributed by atoms with Crippen molar-refractivity contribution in [2.75, 3.05) is 0 Å². The van der Waals surface area contributed by atoms with Gasteiger partial charge >= 0.3 is 0 Å². The Kier molecular flexibility index (Phi) is 4.46. The van der Waals surface area contributed by atoms with Gasteiger partial charge in [-0.15, -0.1) is 21.5 Å². The summed E-state index contributed by atoms with van der Waals surface area (Å²) in [7, 11) is 0. The molecule has 2 aromatic carbocycles. The smallest absolute Gasteiger partial charge is 0.248 e. The summed E-state index contributed by atoms with van der Waals surface area (Å²) in [6.45, 7) is 0. The van der Waals surface area contributed by atoms with E-state index < -0.39 is 0 Å². The van der Waals surface area contributed by atoms with Crippen molar-refractivity contribution in [1.29, 1.82) is 0 Å². The number of rotatable bonds is 4. The number of benzene rings is 2. The van der Waals surface area contributed by atoms with Gasteiger partial charge in [-0.05, 0) is 42.0 Å². The van der Waals surface area contributed by atoms with E-state index >= 15 is 0 Å². The van der Waals surface area contributed by atoms with E-state index in [2.05, 4.69) is 34.5 Å². The molecule has 0 amide bonds. The summed E-state index contributed by atoms with van der Waals surface area (Å²) in [6.07, 6.45) is 3.80. The Hall–Kier alpha value is -2.69. The van der Waals surface area contributed by atoms with Gasteiger partial charge in [-0.3, -0.25) is 0 Å². The first-order valence-electron chi connectivity index (χ1n) is 7.71.